The van der Waals surface area contributed by atoms with Crippen LogP contribution < -0.4 is 11.1 Å². The van der Waals surface area contributed by atoms with Gasteiger partial charge in [0.25, 0.3) is 0 Å². The number of aryl methyl sites for hydroxylation is 1. The number of piperidine rings is 1. The number of guanidine groups is 1. The van der Waals surface area contributed by atoms with Crippen LogP contribution in [0.5, 0.6) is 0 Å². The van der Waals surface area contributed by atoms with Crippen LogP contribution in [0.3, 0.4) is 0 Å². The second-order valence-corrected chi connectivity index (χ2v) is 6.65. The van der Waals surface area contributed by atoms with Crippen LogP contribution in [0.4, 0.5) is 4.79 Å². The van der Waals surface area contributed by atoms with E-state index in [0.29, 0.717) is 32.2 Å². The summed E-state index contributed by atoms with van der Waals surface area (Å²) >= 11 is 0. The minimum absolute atomic E-state index is 0. The molecule has 3 N–H and O–H groups in total. The summed E-state index contributed by atoms with van der Waals surface area (Å²) in [5, 5.41) is 3.26. The molecule has 9 heteroatoms. The molecule has 8 nitrogen and oxygen atoms in total. The Morgan fingerprint density at radius 2 is 2.11 bits per heavy atom. The van der Waals surface area contributed by atoms with Crippen LogP contribution in [0.25, 0.3) is 11.0 Å². The van der Waals surface area contributed by atoms with Crippen molar-refractivity contribution in [2.24, 2.45) is 10.7 Å². The molecule has 1 aromatic heterocycles. The SMILES string of the molecule is CCOC(=O)N1CCC(NC(N)=NCCCn2cnc3ccccc32)CC1.I. The number of amides is 1. The molecule has 0 saturated carbocycles. The number of aromatic nitrogens is 2. The molecule has 0 bridgehead atoms. The molecule has 1 amide bonds. The molecule has 2 heterocycles. The number of halogens is 1. The van der Waals surface area contributed by atoms with Gasteiger partial charge in [0.2, 0.25) is 0 Å². The molecular weight excluding hydrogens is 471 g/mol. The number of rotatable bonds is 6. The lowest BCUT2D eigenvalue weighted by molar-refractivity contribution is 0.0963. The van der Waals surface area contributed by atoms with E-state index in [9.17, 15) is 4.79 Å². The fourth-order valence-electron chi connectivity index (χ4n) is 3.30. The summed E-state index contributed by atoms with van der Waals surface area (Å²) in [6.07, 6.45) is 4.22. The predicted octanol–water partition coefficient (Wildman–Crippen LogP) is 2.57. The van der Waals surface area contributed by atoms with Crippen molar-refractivity contribution < 1.29 is 9.53 Å². The number of nitrogens with zero attached hydrogens (tertiary/aromatic N) is 4. The first-order valence-electron chi connectivity index (χ1n) is 9.55. The normalized spacial score (nSPS) is 15.3. The van der Waals surface area contributed by atoms with Gasteiger partial charge in [-0.1, -0.05) is 12.1 Å². The number of aliphatic imine (C=N–C) groups is 1. The molecule has 1 aliphatic heterocycles. The Morgan fingerprint density at radius 3 is 2.86 bits per heavy atom. The highest BCUT2D eigenvalue weighted by Gasteiger charge is 2.23. The highest BCUT2D eigenvalue weighted by atomic mass is 127. The molecule has 0 radical (unpaired) electrons. The minimum atomic E-state index is -0.232. The Hall–Kier alpha value is -2.04. The summed E-state index contributed by atoms with van der Waals surface area (Å²) in [5.41, 5.74) is 8.16. The first-order valence-corrected chi connectivity index (χ1v) is 9.55. The Balaban J connectivity index is 0.00000280. The second kappa shape index (κ2) is 11.1. The van der Waals surface area contributed by atoms with Crippen LogP contribution in [0, 0.1) is 0 Å². The Kier molecular flexibility index (Phi) is 8.81. The number of carbonyl (C=O) groups excluding carboxylic acids is 1. The van der Waals surface area contributed by atoms with Crippen LogP contribution in [0.1, 0.15) is 26.2 Å². The largest absolute Gasteiger partial charge is 0.450 e. The number of likely N-dealkylation sites (tertiary alicyclic amines) is 1. The van der Waals surface area contributed by atoms with E-state index in [0.717, 1.165) is 36.8 Å². The van der Waals surface area contributed by atoms with Crippen LogP contribution in [-0.2, 0) is 11.3 Å². The van der Waals surface area contributed by atoms with Gasteiger partial charge in [-0.15, -0.1) is 24.0 Å². The third-order valence-corrected chi connectivity index (χ3v) is 4.74. The van der Waals surface area contributed by atoms with Gasteiger partial charge in [0.05, 0.1) is 24.0 Å². The van der Waals surface area contributed by atoms with Crippen LogP contribution in [0.2, 0.25) is 0 Å². The number of nitrogens with two attached hydrogens (primary N) is 1. The summed E-state index contributed by atoms with van der Waals surface area (Å²) in [5.74, 6) is 0.472. The summed E-state index contributed by atoms with van der Waals surface area (Å²) < 4.78 is 7.17. The van der Waals surface area contributed by atoms with Crippen molar-refractivity contribution >= 4 is 47.1 Å². The molecule has 0 unspecified atom stereocenters. The number of carbonyl (C=O) groups is 1. The van der Waals surface area contributed by atoms with Crippen molar-refractivity contribution in [3.05, 3.63) is 30.6 Å². The number of imidazole rings is 1. The summed E-state index contributed by atoms with van der Waals surface area (Å²) in [4.78, 5) is 22.3. The van der Waals surface area contributed by atoms with E-state index in [-0.39, 0.29) is 36.1 Å². The standard InChI is InChI=1S/C19H28N6O2.HI/c1-2-27-19(26)24-12-8-15(9-13-24)23-18(20)21-10-5-11-25-14-22-16-6-3-4-7-17(16)25;/h3-4,6-7,14-15H,2,5,8-13H2,1H3,(H3,20,21,23);1H. The van der Waals surface area contributed by atoms with Crippen LogP contribution >= 0.6 is 24.0 Å². The van der Waals surface area contributed by atoms with Gasteiger partial charge in [0.1, 0.15) is 0 Å². The zero-order chi connectivity index (χ0) is 19.1. The maximum absolute atomic E-state index is 11.7. The van der Waals surface area contributed by atoms with Gasteiger partial charge in [-0.3, -0.25) is 4.99 Å². The van der Waals surface area contributed by atoms with Crippen molar-refractivity contribution in [1.29, 1.82) is 0 Å². The molecule has 0 aliphatic carbocycles. The number of hydrogen-bond acceptors (Lipinski definition) is 4. The van der Waals surface area contributed by atoms with Crippen molar-refractivity contribution in [3.63, 3.8) is 0 Å². The van der Waals surface area contributed by atoms with Gasteiger partial charge in [-0.25, -0.2) is 9.78 Å². The van der Waals surface area contributed by atoms with E-state index in [2.05, 4.69) is 25.9 Å². The van der Waals surface area contributed by atoms with Gasteiger partial charge < -0.3 is 25.3 Å². The Bertz CT molecular complexity index is 786. The molecule has 0 spiro atoms. The molecule has 1 fully saturated rings. The van der Waals surface area contributed by atoms with E-state index in [1.807, 2.05) is 31.5 Å². The quantitative estimate of drug-likeness (QED) is 0.275. The van der Waals surface area contributed by atoms with E-state index >= 15 is 0 Å². The van der Waals surface area contributed by atoms with Crippen LogP contribution in [0.15, 0.2) is 35.6 Å². The molecule has 3 rings (SSSR count). The van der Waals surface area contributed by atoms with Gasteiger partial charge in [0.15, 0.2) is 5.96 Å². The van der Waals surface area contributed by atoms with Gasteiger partial charge in [-0.2, -0.15) is 0 Å². The van der Waals surface area contributed by atoms with Crippen molar-refractivity contribution in [2.45, 2.75) is 38.8 Å². The maximum Gasteiger partial charge on any atom is 0.409 e. The molecular formula is C19H29IN6O2. The number of ether oxygens (including phenoxy) is 1. The maximum atomic E-state index is 11.7. The fraction of sp³-hybridized carbons (Fsp3) is 0.526. The lowest BCUT2D eigenvalue weighted by Gasteiger charge is -2.31. The first-order chi connectivity index (χ1) is 13.2. The molecule has 28 heavy (non-hydrogen) atoms. The second-order valence-electron chi connectivity index (χ2n) is 6.65. The monoisotopic (exact) mass is 500 g/mol. The lowest BCUT2D eigenvalue weighted by Crippen LogP contribution is -2.48. The molecule has 1 aliphatic rings. The van der Waals surface area contributed by atoms with E-state index < -0.39 is 0 Å². The minimum Gasteiger partial charge on any atom is -0.450 e. The third kappa shape index (κ3) is 5.98. The summed E-state index contributed by atoms with van der Waals surface area (Å²) in [6.45, 7) is 5.10. The zero-order valence-corrected chi connectivity index (χ0v) is 18.5. The van der Waals surface area contributed by atoms with E-state index in [4.69, 9.17) is 10.5 Å². The summed E-state index contributed by atoms with van der Waals surface area (Å²) in [6, 6.07) is 8.35. The van der Waals surface area contributed by atoms with Crippen molar-refractivity contribution in [1.82, 2.24) is 19.8 Å². The number of fused-ring (bicyclic) bond motifs is 1. The topological polar surface area (TPSA) is 97.8 Å². The number of nitrogens with one attached hydrogen (secondary N) is 1. The van der Waals surface area contributed by atoms with Crippen molar-refractivity contribution in [2.75, 3.05) is 26.2 Å². The number of para-hydroxylation sites is 2. The van der Waals surface area contributed by atoms with E-state index in [1.165, 1.54) is 0 Å². The van der Waals surface area contributed by atoms with Gasteiger partial charge >= 0.3 is 6.09 Å². The number of hydrogen-bond donors (Lipinski definition) is 2. The molecule has 1 aromatic carbocycles. The predicted molar refractivity (Wildman–Crippen MR) is 121 cm³/mol. The first kappa shape index (κ1) is 22.3. The van der Waals surface area contributed by atoms with Gasteiger partial charge in [-0.05, 0) is 38.3 Å². The van der Waals surface area contributed by atoms with Crippen molar-refractivity contribution in [3.8, 4) is 0 Å². The number of benzene rings is 1. The molecule has 154 valence electrons. The Morgan fingerprint density at radius 1 is 1.36 bits per heavy atom. The average Bonchev–Trinajstić information content (AvgIpc) is 3.09. The molecule has 2 aromatic rings. The Labute approximate surface area is 182 Å². The molecule has 1 saturated heterocycles. The van der Waals surface area contributed by atoms with E-state index in [1.54, 1.807) is 4.90 Å². The fourth-order valence-corrected chi connectivity index (χ4v) is 3.30. The lowest BCUT2D eigenvalue weighted by atomic mass is 10.1. The third-order valence-electron chi connectivity index (χ3n) is 4.74. The smallest absolute Gasteiger partial charge is 0.409 e. The van der Waals surface area contributed by atoms with Crippen LogP contribution in [-0.4, -0.2) is 58.8 Å². The highest BCUT2D eigenvalue weighted by molar-refractivity contribution is 14.0. The zero-order valence-electron chi connectivity index (χ0n) is 16.2. The molecule has 0 atom stereocenters. The van der Waals surface area contributed by atoms with Gasteiger partial charge in [0, 0.05) is 32.2 Å². The highest BCUT2D eigenvalue weighted by Crippen LogP contribution is 2.13. The average molecular weight is 500 g/mol. The summed E-state index contributed by atoms with van der Waals surface area (Å²) in [7, 11) is 0.